The van der Waals surface area contributed by atoms with Crippen molar-refractivity contribution in [2.24, 2.45) is 7.05 Å². The number of aromatic amines is 1. The summed E-state index contributed by atoms with van der Waals surface area (Å²) in [6.45, 7) is 0. The van der Waals surface area contributed by atoms with Crippen molar-refractivity contribution in [2.45, 2.75) is 36.6 Å². The number of H-pyrrole nitrogens is 1. The normalized spacial score (nSPS) is 14.4. The summed E-state index contributed by atoms with van der Waals surface area (Å²) in [5.74, 6) is 1.21. The molecule has 0 aromatic carbocycles. The summed E-state index contributed by atoms with van der Waals surface area (Å²) in [5, 5.41) is 12.8. The maximum atomic E-state index is 12.4. The van der Waals surface area contributed by atoms with E-state index < -0.39 is 0 Å². The lowest BCUT2D eigenvalue weighted by Gasteiger charge is -2.09. The molecule has 22 heavy (non-hydrogen) atoms. The van der Waals surface area contributed by atoms with Crippen molar-refractivity contribution >= 4 is 33.3 Å². The quantitative estimate of drug-likeness (QED) is 0.733. The first kappa shape index (κ1) is 13.9. The molecule has 0 fully saturated rings. The highest BCUT2D eigenvalue weighted by atomic mass is 32.2. The first-order chi connectivity index (χ1) is 10.7. The van der Waals surface area contributed by atoms with Crippen LogP contribution in [-0.4, -0.2) is 30.2 Å². The zero-order valence-electron chi connectivity index (χ0n) is 12.0. The predicted octanol–water partition coefficient (Wildman–Crippen LogP) is 1.68. The van der Waals surface area contributed by atoms with Crippen LogP contribution in [0.3, 0.4) is 0 Å². The van der Waals surface area contributed by atoms with Crippen LogP contribution in [0.1, 0.15) is 29.1 Å². The Labute approximate surface area is 134 Å². The van der Waals surface area contributed by atoms with Crippen molar-refractivity contribution in [3.63, 3.8) is 0 Å². The first-order valence-corrected chi connectivity index (χ1v) is 8.91. The van der Waals surface area contributed by atoms with E-state index in [2.05, 4.69) is 25.5 Å². The Hall–Kier alpha value is -1.74. The number of rotatable bonds is 3. The van der Waals surface area contributed by atoms with E-state index in [9.17, 15) is 4.79 Å². The molecule has 0 bridgehead atoms. The van der Waals surface area contributed by atoms with Crippen molar-refractivity contribution in [1.82, 2.24) is 30.2 Å². The summed E-state index contributed by atoms with van der Waals surface area (Å²) < 4.78 is 1.60. The molecule has 3 heterocycles. The van der Waals surface area contributed by atoms with Crippen LogP contribution in [0.5, 0.6) is 0 Å². The van der Waals surface area contributed by atoms with E-state index in [-0.39, 0.29) is 5.56 Å². The van der Waals surface area contributed by atoms with Gasteiger partial charge in [0.2, 0.25) is 5.16 Å². The highest BCUT2D eigenvalue weighted by Gasteiger charge is 2.19. The van der Waals surface area contributed by atoms with Gasteiger partial charge in [-0.05, 0) is 41.7 Å². The fourth-order valence-corrected chi connectivity index (χ4v) is 4.75. The Morgan fingerprint density at radius 2 is 2.23 bits per heavy atom. The molecular formula is C13H14N6OS2. The number of hydrogen-bond acceptors (Lipinski definition) is 7. The van der Waals surface area contributed by atoms with Gasteiger partial charge < -0.3 is 4.98 Å². The average molecular weight is 334 g/mol. The van der Waals surface area contributed by atoms with E-state index in [0.29, 0.717) is 16.7 Å². The summed E-state index contributed by atoms with van der Waals surface area (Å²) >= 11 is 3.13. The topological polar surface area (TPSA) is 89.3 Å². The van der Waals surface area contributed by atoms with E-state index in [4.69, 9.17) is 0 Å². The molecule has 0 amide bonds. The number of thioether (sulfide) groups is 1. The molecule has 0 radical (unpaired) electrons. The lowest BCUT2D eigenvalue weighted by atomic mass is 9.97. The zero-order valence-corrected chi connectivity index (χ0v) is 13.6. The van der Waals surface area contributed by atoms with Crippen LogP contribution in [0.4, 0.5) is 0 Å². The predicted molar refractivity (Wildman–Crippen MR) is 85.2 cm³/mol. The van der Waals surface area contributed by atoms with E-state index in [1.165, 1.54) is 28.6 Å². The van der Waals surface area contributed by atoms with Crippen LogP contribution in [0.25, 0.3) is 10.2 Å². The van der Waals surface area contributed by atoms with Crippen LogP contribution in [0, 0.1) is 0 Å². The molecule has 0 spiro atoms. The van der Waals surface area contributed by atoms with Crippen LogP contribution in [0.2, 0.25) is 0 Å². The maximum Gasteiger partial charge on any atom is 0.259 e. The number of aryl methyl sites for hydroxylation is 3. The van der Waals surface area contributed by atoms with Gasteiger partial charge >= 0.3 is 0 Å². The van der Waals surface area contributed by atoms with Gasteiger partial charge in [0.25, 0.3) is 5.56 Å². The van der Waals surface area contributed by atoms with E-state index >= 15 is 0 Å². The van der Waals surface area contributed by atoms with Crippen molar-refractivity contribution in [3.8, 4) is 0 Å². The molecule has 3 aromatic heterocycles. The Bertz CT molecular complexity index is 896. The number of thiophene rings is 1. The number of hydrogen-bond donors (Lipinski definition) is 1. The van der Waals surface area contributed by atoms with Crippen LogP contribution >= 0.6 is 23.1 Å². The van der Waals surface area contributed by atoms with Gasteiger partial charge in [-0.2, -0.15) is 0 Å². The molecule has 0 unspecified atom stereocenters. The van der Waals surface area contributed by atoms with E-state index in [0.717, 1.165) is 29.5 Å². The molecule has 1 aliphatic carbocycles. The fourth-order valence-electron chi connectivity index (χ4n) is 2.75. The zero-order chi connectivity index (χ0) is 15.1. The van der Waals surface area contributed by atoms with Crippen molar-refractivity contribution in [1.29, 1.82) is 0 Å². The monoisotopic (exact) mass is 334 g/mol. The second kappa shape index (κ2) is 5.47. The summed E-state index contributed by atoms with van der Waals surface area (Å²) in [4.78, 5) is 22.2. The van der Waals surface area contributed by atoms with Gasteiger partial charge in [0.05, 0.1) is 11.1 Å². The molecule has 4 rings (SSSR count). The van der Waals surface area contributed by atoms with Gasteiger partial charge in [-0.25, -0.2) is 9.67 Å². The minimum atomic E-state index is -0.0175. The van der Waals surface area contributed by atoms with Gasteiger partial charge in [0.15, 0.2) is 0 Å². The van der Waals surface area contributed by atoms with Gasteiger partial charge in [-0.3, -0.25) is 4.79 Å². The lowest BCUT2D eigenvalue weighted by molar-refractivity contribution is 0.664. The van der Waals surface area contributed by atoms with Crippen molar-refractivity contribution < 1.29 is 0 Å². The number of nitrogens with one attached hydrogen (secondary N) is 1. The minimum absolute atomic E-state index is 0.0175. The standard InChI is InChI=1S/C13H14N6OS2/c1-19-13(16-17-18-19)21-6-9-14-11(20)10-7-4-2-3-5-8(7)22-12(10)15-9/h2-6H2,1H3,(H,14,15,20). The summed E-state index contributed by atoms with van der Waals surface area (Å²) in [6.07, 6.45) is 4.44. The highest BCUT2D eigenvalue weighted by Crippen LogP contribution is 2.33. The molecule has 3 aromatic rings. The number of nitrogens with zero attached hydrogens (tertiary/aromatic N) is 5. The van der Waals surface area contributed by atoms with Crippen molar-refractivity contribution in [2.75, 3.05) is 0 Å². The Kier molecular flexibility index (Phi) is 3.45. The van der Waals surface area contributed by atoms with E-state index in [1.54, 1.807) is 23.1 Å². The summed E-state index contributed by atoms with van der Waals surface area (Å²) in [5.41, 5.74) is 1.20. The largest absolute Gasteiger partial charge is 0.309 e. The second-order valence-corrected chi connectivity index (χ2v) is 7.30. The number of tetrazole rings is 1. The van der Waals surface area contributed by atoms with Crippen LogP contribution in [0.15, 0.2) is 9.95 Å². The molecule has 0 atom stereocenters. The van der Waals surface area contributed by atoms with Gasteiger partial charge in [0.1, 0.15) is 10.7 Å². The van der Waals surface area contributed by atoms with Gasteiger partial charge in [-0.1, -0.05) is 11.8 Å². The maximum absolute atomic E-state index is 12.4. The number of fused-ring (bicyclic) bond motifs is 3. The minimum Gasteiger partial charge on any atom is -0.309 e. The Morgan fingerprint density at radius 3 is 3.05 bits per heavy atom. The molecule has 7 nitrogen and oxygen atoms in total. The Morgan fingerprint density at radius 1 is 1.36 bits per heavy atom. The third-order valence-corrected chi connectivity index (χ3v) is 6.00. The van der Waals surface area contributed by atoms with Crippen LogP contribution < -0.4 is 5.56 Å². The molecule has 1 N–H and O–H groups in total. The molecule has 0 saturated heterocycles. The highest BCUT2D eigenvalue weighted by molar-refractivity contribution is 7.98. The number of aromatic nitrogens is 6. The van der Waals surface area contributed by atoms with Gasteiger partial charge in [0, 0.05) is 11.9 Å². The molecular weight excluding hydrogens is 320 g/mol. The SMILES string of the molecule is Cn1nnnc1SCc1nc2sc3c(c2c(=O)[nH]1)CCCC3. The first-order valence-electron chi connectivity index (χ1n) is 7.11. The van der Waals surface area contributed by atoms with E-state index in [1.807, 2.05) is 0 Å². The molecule has 1 aliphatic rings. The Balaban J connectivity index is 1.68. The van der Waals surface area contributed by atoms with Crippen LogP contribution in [-0.2, 0) is 25.6 Å². The second-order valence-electron chi connectivity index (χ2n) is 5.28. The van der Waals surface area contributed by atoms with Crippen molar-refractivity contribution in [3.05, 3.63) is 26.6 Å². The lowest BCUT2D eigenvalue weighted by Crippen LogP contribution is -2.12. The molecule has 9 heteroatoms. The summed E-state index contributed by atoms with van der Waals surface area (Å²) in [6, 6.07) is 0. The fraction of sp³-hybridized carbons (Fsp3) is 0.462. The summed E-state index contributed by atoms with van der Waals surface area (Å²) in [7, 11) is 1.79. The molecule has 0 aliphatic heterocycles. The molecule has 114 valence electrons. The van der Waals surface area contributed by atoms with Gasteiger partial charge in [-0.15, -0.1) is 16.4 Å². The smallest absolute Gasteiger partial charge is 0.259 e. The average Bonchev–Trinajstić information content (AvgIpc) is 3.08. The third-order valence-electron chi connectivity index (χ3n) is 3.79. The molecule has 0 saturated carbocycles. The third kappa shape index (κ3) is 2.34.